The van der Waals surface area contributed by atoms with Crippen molar-refractivity contribution in [3.8, 4) is 0 Å². The minimum absolute atomic E-state index is 0.800. The van der Waals surface area contributed by atoms with Crippen LogP contribution >= 0.6 is 11.6 Å². The third-order valence-corrected chi connectivity index (χ3v) is 3.13. The van der Waals surface area contributed by atoms with Crippen LogP contribution in [0.4, 0.5) is 5.69 Å². The van der Waals surface area contributed by atoms with Gasteiger partial charge in [-0.1, -0.05) is 17.7 Å². The summed E-state index contributed by atoms with van der Waals surface area (Å²) < 4.78 is 0. The van der Waals surface area contributed by atoms with Crippen molar-refractivity contribution in [1.82, 2.24) is 4.90 Å². The van der Waals surface area contributed by atoms with Gasteiger partial charge in [-0.15, -0.1) is 0 Å². The Morgan fingerprint density at radius 1 is 1.31 bits per heavy atom. The smallest absolute Gasteiger partial charge is 0.133 e. The van der Waals surface area contributed by atoms with Gasteiger partial charge in [0.05, 0.1) is 12.2 Å². The summed E-state index contributed by atoms with van der Waals surface area (Å²) >= 11 is 6.24. The van der Waals surface area contributed by atoms with Gasteiger partial charge in [0.1, 0.15) is 5.84 Å². The lowest BCUT2D eigenvalue weighted by atomic mass is 10.1. The first kappa shape index (κ1) is 9.67. The second-order valence-corrected chi connectivity index (χ2v) is 4.45. The molecule has 1 aromatic rings. The molecule has 2 nitrogen and oxygen atoms in total. The van der Waals surface area contributed by atoms with Crippen LogP contribution in [0.5, 0.6) is 0 Å². The Morgan fingerprint density at radius 3 is 3.06 bits per heavy atom. The molecule has 0 atom stereocenters. The highest BCUT2D eigenvalue weighted by molar-refractivity contribution is 6.32. The molecule has 2 heterocycles. The van der Waals surface area contributed by atoms with Crippen molar-refractivity contribution in [1.29, 1.82) is 0 Å². The number of aryl methyl sites for hydroxylation is 1. The minimum Gasteiger partial charge on any atom is -0.328 e. The van der Waals surface area contributed by atoms with Crippen LogP contribution in [0.25, 0.3) is 0 Å². The largest absolute Gasteiger partial charge is 0.328 e. The molecule has 1 aromatic carbocycles. The number of hydrogen-bond acceptors (Lipinski definition) is 2. The minimum atomic E-state index is 0.800. The molecule has 0 radical (unpaired) electrons. The van der Waals surface area contributed by atoms with Crippen molar-refractivity contribution >= 4 is 23.1 Å². The Hall–Kier alpha value is -1.54. The molecule has 0 unspecified atom stereocenters. The predicted molar refractivity (Wildman–Crippen MR) is 67.1 cm³/mol. The first-order valence-corrected chi connectivity index (χ1v) is 5.61. The molecule has 0 amide bonds. The van der Waals surface area contributed by atoms with E-state index in [2.05, 4.69) is 16.0 Å². The number of benzene rings is 1. The van der Waals surface area contributed by atoms with E-state index in [4.69, 9.17) is 11.6 Å². The van der Waals surface area contributed by atoms with E-state index >= 15 is 0 Å². The number of fused-ring (bicyclic) bond motifs is 2. The molecule has 16 heavy (non-hydrogen) atoms. The van der Waals surface area contributed by atoms with E-state index in [0.29, 0.717) is 0 Å². The maximum absolute atomic E-state index is 6.24. The number of aliphatic imine (C=N–C) groups is 1. The van der Waals surface area contributed by atoms with Gasteiger partial charge in [-0.2, -0.15) is 0 Å². The first-order valence-electron chi connectivity index (χ1n) is 5.23. The highest BCUT2D eigenvalue weighted by atomic mass is 35.5. The maximum atomic E-state index is 6.24. The van der Waals surface area contributed by atoms with Crippen LogP contribution < -0.4 is 0 Å². The third kappa shape index (κ3) is 1.46. The normalized spacial score (nSPS) is 16.9. The molecule has 0 spiro atoms. The van der Waals surface area contributed by atoms with Crippen molar-refractivity contribution in [2.45, 2.75) is 13.5 Å². The third-order valence-electron chi connectivity index (χ3n) is 2.80. The van der Waals surface area contributed by atoms with Crippen LogP contribution in [-0.2, 0) is 6.54 Å². The van der Waals surface area contributed by atoms with Crippen LogP contribution in [0, 0.1) is 6.92 Å². The first-order chi connectivity index (χ1) is 7.74. The summed E-state index contributed by atoms with van der Waals surface area (Å²) in [7, 11) is 0. The number of amidine groups is 1. The Labute approximate surface area is 99.6 Å². The predicted octanol–water partition coefficient (Wildman–Crippen LogP) is 3.58. The Balaban J connectivity index is 2.17. The standard InChI is InChI=1S/C13H11ClN2/c1-9-6-11(14)10-8-16-5-3-2-4-13(16)15-12(10)7-9/h2-7H,8H2,1H3. The lowest BCUT2D eigenvalue weighted by molar-refractivity contribution is 0.544. The van der Waals surface area contributed by atoms with Crippen molar-refractivity contribution in [3.05, 3.63) is 52.7 Å². The summed E-state index contributed by atoms with van der Waals surface area (Å²) in [5.41, 5.74) is 3.25. The van der Waals surface area contributed by atoms with Gasteiger partial charge in [0.15, 0.2) is 0 Å². The van der Waals surface area contributed by atoms with Crippen LogP contribution in [0.1, 0.15) is 11.1 Å². The van der Waals surface area contributed by atoms with E-state index in [9.17, 15) is 0 Å². The van der Waals surface area contributed by atoms with E-state index in [0.717, 1.165) is 34.2 Å². The Morgan fingerprint density at radius 2 is 2.19 bits per heavy atom. The van der Waals surface area contributed by atoms with E-state index in [-0.39, 0.29) is 0 Å². The summed E-state index contributed by atoms with van der Waals surface area (Å²) in [6.45, 7) is 2.84. The van der Waals surface area contributed by atoms with Gasteiger partial charge >= 0.3 is 0 Å². The number of halogens is 1. The molecular weight excluding hydrogens is 220 g/mol. The lowest BCUT2D eigenvalue weighted by Crippen LogP contribution is -2.27. The number of allylic oxidation sites excluding steroid dienone is 2. The van der Waals surface area contributed by atoms with E-state index < -0.39 is 0 Å². The van der Waals surface area contributed by atoms with Crippen LogP contribution in [0.2, 0.25) is 5.02 Å². The monoisotopic (exact) mass is 230 g/mol. The highest BCUT2D eigenvalue weighted by Gasteiger charge is 2.19. The van der Waals surface area contributed by atoms with Crippen molar-refractivity contribution in [2.24, 2.45) is 4.99 Å². The molecule has 0 saturated heterocycles. The quantitative estimate of drug-likeness (QED) is 0.665. The second kappa shape index (κ2) is 3.49. The topological polar surface area (TPSA) is 15.6 Å². The fourth-order valence-corrected chi connectivity index (χ4v) is 2.33. The molecule has 3 heteroatoms. The zero-order valence-corrected chi connectivity index (χ0v) is 9.70. The zero-order valence-electron chi connectivity index (χ0n) is 8.94. The fourth-order valence-electron chi connectivity index (χ4n) is 2.01. The number of nitrogens with zero attached hydrogens (tertiary/aromatic N) is 2. The second-order valence-electron chi connectivity index (χ2n) is 4.04. The van der Waals surface area contributed by atoms with Crippen LogP contribution in [0.15, 0.2) is 41.6 Å². The zero-order chi connectivity index (χ0) is 11.1. The Bertz CT molecular complexity index is 541. The van der Waals surface area contributed by atoms with Gasteiger partial charge in [0.2, 0.25) is 0 Å². The molecule has 0 bridgehead atoms. The van der Waals surface area contributed by atoms with Gasteiger partial charge < -0.3 is 4.90 Å². The molecule has 2 aliphatic heterocycles. The van der Waals surface area contributed by atoms with E-state index in [1.54, 1.807) is 0 Å². The van der Waals surface area contributed by atoms with Crippen molar-refractivity contribution in [2.75, 3.05) is 0 Å². The summed E-state index contributed by atoms with van der Waals surface area (Å²) in [5.74, 6) is 0.983. The van der Waals surface area contributed by atoms with E-state index in [1.807, 2.05) is 37.4 Å². The number of hydrogen-bond donors (Lipinski definition) is 0. The molecule has 3 rings (SSSR count). The number of rotatable bonds is 0. The molecular formula is C13H11ClN2. The van der Waals surface area contributed by atoms with Gasteiger partial charge in [0, 0.05) is 16.8 Å². The van der Waals surface area contributed by atoms with Gasteiger partial charge in [-0.3, -0.25) is 0 Å². The average molecular weight is 231 g/mol. The molecule has 0 fully saturated rings. The molecule has 0 N–H and O–H groups in total. The summed E-state index contributed by atoms with van der Waals surface area (Å²) in [4.78, 5) is 6.71. The van der Waals surface area contributed by atoms with Crippen LogP contribution in [0.3, 0.4) is 0 Å². The maximum Gasteiger partial charge on any atom is 0.133 e. The highest BCUT2D eigenvalue weighted by Crippen LogP contribution is 2.34. The molecule has 80 valence electrons. The fraction of sp³-hybridized carbons (Fsp3) is 0.154. The lowest BCUT2D eigenvalue weighted by Gasteiger charge is -2.28. The summed E-state index contributed by atoms with van der Waals surface area (Å²) in [6, 6.07) is 4.07. The molecule has 0 saturated carbocycles. The van der Waals surface area contributed by atoms with Crippen molar-refractivity contribution < 1.29 is 0 Å². The van der Waals surface area contributed by atoms with Gasteiger partial charge in [-0.05, 0) is 36.8 Å². The summed E-state index contributed by atoms with van der Waals surface area (Å²) in [6.07, 6.45) is 8.04. The average Bonchev–Trinajstić information content (AvgIpc) is 2.27. The molecule has 0 aliphatic carbocycles. The van der Waals surface area contributed by atoms with Crippen molar-refractivity contribution in [3.63, 3.8) is 0 Å². The van der Waals surface area contributed by atoms with Crippen LogP contribution in [-0.4, -0.2) is 10.7 Å². The van der Waals surface area contributed by atoms with Gasteiger partial charge in [0.25, 0.3) is 0 Å². The SMILES string of the molecule is Cc1cc(Cl)c2c(c1)N=C1C=CC=CN1C2. The Kier molecular flexibility index (Phi) is 2.11. The summed E-state index contributed by atoms with van der Waals surface area (Å²) in [5, 5.41) is 0.806. The molecule has 0 aromatic heterocycles. The molecule has 2 aliphatic rings. The van der Waals surface area contributed by atoms with E-state index in [1.165, 1.54) is 0 Å². The van der Waals surface area contributed by atoms with Gasteiger partial charge in [-0.25, -0.2) is 4.99 Å².